The highest BCUT2D eigenvalue weighted by Gasteiger charge is 2.29. The van der Waals surface area contributed by atoms with Crippen LogP contribution < -0.4 is 0 Å². The van der Waals surface area contributed by atoms with Gasteiger partial charge in [-0.25, -0.2) is 0 Å². The fourth-order valence-corrected chi connectivity index (χ4v) is 3.23. The van der Waals surface area contributed by atoms with Gasteiger partial charge < -0.3 is 9.84 Å². The molecule has 124 valence electrons. The van der Waals surface area contributed by atoms with E-state index in [1.807, 2.05) is 0 Å². The zero-order chi connectivity index (χ0) is 15.3. The van der Waals surface area contributed by atoms with Gasteiger partial charge in [0.05, 0.1) is 12.0 Å². The summed E-state index contributed by atoms with van der Waals surface area (Å²) in [5.41, 5.74) is 0. The van der Waals surface area contributed by atoms with Crippen molar-refractivity contribution in [3.63, 3.8) is 0 Å². The van der Waals surface area contributed by atoms with E-state index in [0.29, 0.717) is 0 Å². The number of hydrogen-bond donors (Lipinski definition) is 1. The molecule has 2 unspecified atom stereocenters. The fourth-order valence-electron chi connectivity index (χ4n) is 3.23. The van der Waals surface area contributed by atoms with Gasteiger partial charge in [0.15, 0.2) is 0 Å². The predicted octanol–water partition coefficient (Wildman–Crippen LogP) is 5.18. The molecule has 3 nitrogen and oxygen atoms in total. The van der Waals surface area contributed by atoms with Crippen LogP contribution in [0.4, 0.5) is 0 Å². The number of carbonyl (C=O) groups is 1. The SMILES string of the molecule is CCCCCCCCCOC1CCCCCCC1C(=O)O. The Hall–Kier alpha value is -0.570. The van der Waals surface area contributed by atoms with Crippen LogP contribution in [0.3, 0.4) is 0 Å². The molecule has 3 heteroatoms. The van der Waals surface area contributed by atoms with Crippen molar-refractivity contribution in [2.45, 2.75) is 96.5 Å². The van der Waals surface area contributed by atoms with Gasteiger partial charge in [0.1, 0.15) is 0 Å². The summed E-state index contributed by atoms with van der Waals surface area (Å²) in [4.78, 5) is 11.4. The highest BCUT2D eigenvalue weighted by molar-refractivity contribution is 5.70. The maximum Gasteiger partial charge on any atom is 0.309 e. The molecule has 0 radical (unpaired) electrons. The van der Waals surface area contributed by atoms with Crippen molar-refractivity contribution in [2.75, 3.05) is 6.61 Å². The summed E-state index contributed by atoms with van der Waals surface area (Å²) in [5, 5.41) is 9.37. The number of carboxylic acid groups (broad SMARTS) is 1. The highest BCUT2D eigenvalue weighted by Crippen LogP contribution is 2.25. The lowest BCUT2D eigenvalue weighted by Gasteiger charge is -2.26. The van der Waals surface area contributed by atoms with E-state index in [1.54, 1.807) is 0 Å². The standard InChI is InChI=1S/C18H34O3/c1-2-3-4-5-6-9-12-15-21-17-14-11-8-7-10-13-16(17)18(19)20/h16-17H,2-15H2,1H3,(H,19,20). The van der Waals surface area contributed by atoms with Gasteiger partial charge in [0.2, 0.25) is 0 Å². The maximum absolute atomic E-state index is 11.4. The average Bonchev–Trinajstić information content (AvgIpc) is 2.43. The molecule has 1 rings (SSSR count). The summed E-state index contributed by atoms with van der Waals surface area (Å²) in [6.07, 6.45) is 15.1. The van der Waals surface area contributed by atoms with Crippen LogP contribution in [-0.2, 0) is 9.53 Å². The summed E-state index contributed by atoms with van der Waals surface area (Å²) in [5.74, 6) is -0.948. The van der Waals surface area contributed by atoms with Gasteiger partial charge in [-0.05, 0) is 19.3 Å². The topological polar surface area (TPSA) is 46.5 Å². The van der Waals surface area contributed by atoms with E-state index in [4.69, 9.17) is 4.74 Å². The highest BCUT2D eigenvalue weighted by atomic mass is 16.5. The molecule has 0 bridgehead atoms. The molecular weight excluding hydrogens is 264 g/mol. The molecule has 21 heavy (non-hydrogen) atoms. The van der Waals surface area contributed by atoms with Crippen molar-refractivity contribution < 1.29 is 14.6 Å². The Bertz CT molecular complexity index is 265. The molecular formula is C18H34O3. The summed E-state index contributed by atoms with van der Waals surface area (Å²) >= 11 is 0. The van der Waals surface area contributed by atoms with E-state index >= 15 is 0 Å². The van der Waals surface area contributed by atoms with E-state index in [1.165, 1.54) is 51.4 Å². The van der Waals surface area contributed by atoms with Crippen LogP contribution in [-0.4, -0.2) is 23.8 Å². The number of aliphatic carboxylic acids is 1. The first kappa shape index (κ1) is 18.5. The van der Waals surface area contributed by atoms with Crippen LogP contribution in [0.1, 0.15) is 90.4 Å². The van der Waals surface area contributed by atoms with E-state index in [2.05, 4.69) is 6.92 Å². The minimum absolute atomic E-state index is 0.0529. The summed E-state index contributed by atoms with van der Waals surface area (Å²) < 4.78 is 5.94. The van der Waals surface area contributed by atoms with Crippen LogP contribution in [0, 0.1) is 5.92 Å². The monoisotopic (exact) mass is 298 g/mol. The van der Waals surface area contributed by atoms with Gasteiger partial charge in [0, 0.05) is 6.61 Å². The third-order valence-corrected chi connectivity index (χ3v) is 4.60. The molecule has 1 aliphatic rings. The van der Waals surface area contributed by atoms with Gasteiger partial charge >= 0.3 is 5.97 Å². The van der Waals surface area contributed by atoms with E-state index in [-0.39, 0.29) is 12.0 Å². The Kier molecular flexibility index (Phi) is 10.6. The number of hydrogen-bond acceptors (Lipinski definition) is 2. The number of ether oxygens (including phenoxy) is 1. The quantitative estimate of drug-likeness (QED) is 0.565. The largest absolute Gasteiger partial charge is 0.481 e. The molecule has 1 N–H and O–H groups in total. The first-order chi connectivity index (χ1) is 10.3. The molecule has 2 atom stereocenters. The van der Waals surface area contributed by atoms with Gasteiger partial charge in [-0.3, -0.25) is 4.79 Å². The Balaban J connectivity index is 2.15. The minimum atomic E-state index is -0.665. The van der Waals surface area contributed by atoms with Crippen molar-refractivity contribution in [3.05, 3.63) is 0 Å². The molecule has 0 spiro atoms. The lowest BCUT2D eigenvalue weighted by Crippen LogP contribution is -2.32. The second-order valence-corrected chi connectivity index (χ2v) is 6.47. The van der Waals surface area contributed by atoms with Gasteiger partial charge in [-0.1, -0.05) is 71.1 Å². The van der Waals surface area contributed by atoms with E-state index in [0.717, 1.165) is 38.7 Å². The first-order valence-electron chi connectivity index (χ1n) is 9.10. The van der Waals surface area contributed by atoms with Crippen molar-refractivity contribution in [1.82, 2.24) is 0 Å². The molecule has 0 aromatic carbocycles. The van der Waals surface area contributed by atoms with Crippen LogP contribution in [0.5, 0.6) is 0 Å². The minimum Gasteiger partial charge on any atom is -0.481 e. The third kappa shape index (κ3) is 8.45. The second kappa shape index (κ2) is 12.0. The lowest BCUT2D eigenvalue weighted by molar-refractivity contribution is -0.148. The zero-order valence-corrected chi connectivity index (χ0v) is 13.8. The first-order valence-corrected chi connectivity index (χ1v) is 9.10. The van der Waals surface area contributed by atoms with Gasteiger partial charge in [0.25, 0.3) is 0 Å². The number of unbranched alkanes of at least 4 members (excludes halogenated alkanes) is 6. The molecule has 0 saturated heterocycles. The maximum atomic E-state index is 11.4. The molecule has 0 aromatic rings. The fraction of sp³-hybridized carbons (Fsp3) is 0.944. The van der Waals surface area contributed by atoms with E-state index in [9.17, 15) is 9.90 Å². The molecule has 0 aromatic heterocycles. The Morgan fingerprint density at radius 3 is 2.24 bits per heavy atom. The Labute approximate surface area is 130 Å². The van der Waals surface area contributed by atoms with Gasteiger partial charge in [-0.15, -0.1) is 0 Å². The number of carboxylic acids is 1. The molecule has 1 saturated carbocycles. The van der Waals surface area contributed by atoms with Gasteiger partial charge in [-0.2, -0.15) is 0 Å². The Morgan fingerprint density at radius 2 is 1.57 bits per heavy atom. The second-order valence-electron chi connectivity index (χ2n) is 6.47. The van der Waals surface area contributed by atoms with Crippen molar-refractivity contribution in [2.24, 2.45) is 5.92 Å². The third-order valence-electron chi connectivity index (χ3n) is 4.60. The average molecular weight is 298 g/mol. The summed E-state index contributed by atoms with van der Waals surface area (Å²) in [6.45, 7) is 2.98. The van der Waals surface area contributed by atoms with Crippen LogP contribution >= 0.6 is 0 Å². The molecule has 0 aliphatic heterocycles. The van der Waals surface area contributed by atoms with Crippen LogP contribution in [0.2, 0.25) is 0 Å². The van der Waals surface area contributed by atoms with Crippen LogP contribution in [0.25, 0.3) is 0 Å². The normalized spacial score (nSPS) is 23.5. The summed E-state index contributed by atoms with van der Waals surface area (Å²) in [7, 11) is 0. The predicted molar refractivity (Wildman–Crippen MR) is 86.6 cm³/mol. The number of rotatable bonds is 10. The molecule has 0 amide bonds. The molecule has 0 heterocycles. The Morgan fingerprint density at radius 1 is 0.952 bits per heavy atom. The summed E-state index contributed by atoms with van der Waals surface area (Å²) in [6, 6.07) is 0. The zero-order valence-electron chi connectivity index (χ0n) is 13.8. The van der Waals surface area contributed by atoms with Crippen molar-refractivity contribution in [1.29, 1.82) is 0 Å². The molecule has 1 aliphatic carbocycles. The lowest BCUT2D eigenvalue weighted by atomic mass is 9.88. The van der Waals surface area contributed by atoms with E-state index < -0.39 is 5.97 Å². The molecule has 1 fully saturated rings. The smallest absolute Gasteiger partial charge is 0.309 e. The van der Waals surface area contributed by atoms with Crippen molar-refractivity contribution >= 4 is 5.97 Å². The van der Waals surface area contributed by atoms with Crippen LogP contribution in [0.15, 0.2) is 0 Å². The van der Waals surface area contributed by atoms with Crippen molar-refractivity contribution in [3.8, 4) is 0 Å².